The highest BCUT2D eigenvalue weighted by atomic mass is 32.2. The highest BCUT2D eigenvalue weighted by Crippen LogP contribution is 2.38. The second-order valence-corrected chi connectivity index (χ2v) is 11.6. The van der Waals surface area contributed by atoms with Gasteiger partial charge in [-0.2, -0.15) is 21.9 Å². The molecule has 40 heavy (non-hydrogen) atoms. The minimum Gasteiger partial charge on any atom is -0.399 e. The van der Waals surface area contributed by atoms with Gasteiger partial charge in [0.1, 0.15) is 10.6 Å². The van der Waals surface area contributed by atoms with Crippen molar-refractivity contribution in [2.24, 2.45) is 20.5 Å². The summed E-state index contributed by atoms with van der Waals surface area (Å²) >= 11 is 0. The number of hydrogen-bond acceptors (Lipinski definition) is 9. The van der Waals surface area contributed by atoms with Gasteiger partial charge in [0.2, 0.25) is 0 Å². The zero-order chi connectivity index (χ0) is 28.7. The van der Waals surface area contributed by atoms with E-state index in [-0.39, 0.29) is 27.0 Å². The maximum absolute atomic E-state index is 12.3. The number of nitrogen functional groups attached to an aromatic ring is 1. The zero-order valence-corrected chi connectivity index (χ0v) is 22.4. The molecule has 13 heteroatoms. The van der Waals surface area contributed by atoms with Crippen LogP contribution < -0.4 is 5.73 Å². The Bertz CT molecular complexity index is 2090. The van der Waals surface area contributed by atoms with Gasteiger partial charge in [-0.3, -0.25) is 9.11 Å². The van der Waals surface area contributed by atoms with Crippen LogP contribution in [0.4, 0.5) is 28.4 Å². The lowest BCUT2D eigenvalue weighted by Crippen LogP contribution is -1.99. The van der Waals surface area contributed by atoms with E-state index in [4.69, 9.17) is 5.73 Å². The molecule has 0 spiro atoms. The van der Waals surface area contributed by atoms with Crippen LogP contribution in [0.2, 0.25) is 0 Å². The van der Waals surface area contributed by atoms with E-state index in [1.165, 1.54) is 36.4 Å². The molecule has 0 aliphatic heterocycles. The van der Waals surface area contributed by atoms with E-state index < -0.39 is 25.1 Å². The number of benzene rings is 5. The molecule has 0 fully saturated rings. The number of aryl methyl sites for hydroxylation is 1. The van der Waals surface area contributed by atoms with Gasteiger partial charge in [-0.25, -0.2) is 0 Å². The quantitative estimate of drug-likeness (QED) is 0.108. The fourth-order valence-electron chi connectivity index (χ4n) is 4.22. The van der Waals surface area contributed by atoms with Gasteiger partial charge in [-0.15, -0.1) is 15.3 Å². The van der Waals surface area contributed by atoms with Crippen LogP contribution >= 0.6 is 0 Å². The highest BCUT2D eigenvalue weighted by molar-refractivity contribution is 7.86. The summed E-state index contributed by atoms with van der Waals surface area (Å²) in [7, 11) is -9.24. The molecule has 11 nitrogen and oxygen atoms in total. The Balaban J connectivity index is 1.67. The van der Waals surface area contributed by atoms with Gasteiger partial charge in [-0.05, 0) is 66.4 Å². The zero-order valence-electron chi connectivity index (χ0n) is 20.8. The minimum absolute atomic E-state index is 0.122. The summed E-state index contributed by atoms with van der Waals surface area (Å²) in [6, 6.07) is 21.7. The second-order valence-electron chi connectivity index (χ2n) is 8.84. The summed E-state index contributed by atoms with van der Waals surface area (Å²) in [4.78, 5) is -0.800. The highest BCUT2D eigenvalue weighted by Gasteiger charge is 2.20. The molecule has 0 atom stereocenters. The van der Waals surface area contributed by atoms with E-state index in [9.17, 15) is 25.9 Å². The normalized spacial score (nSPS) is 12.7. The first-order valence-corrected chi connectivity index (χ1v) is 14.5. The van der Waals surface area contributed by atoms with Gasteiger partial charge in [0.25, 0.3) is 20.2 Å². The molecule has 5 aromatic rings. The molecule has 5 aromatic carbocycles. The summed E-state index contributed by atoms with van der Waals surface area (Å²) in [5.41, 5.74) is 8.16. The van der Waals surface area contributed by atoms with Gasteiger partial charge in [0.15, 0.2) is 0 Å². The van der Waals surface area contributed by atoms with E-state index in [2.05, 4.69) is 20.5 Å². The minimum atomic E-state index is -4.68. The van der Waals surface area contributed by atoms with Gasteiger partial charge in [-0.1, -0.05) is 36.4 Å². The van der Waals surface area contributed by atoms with Crippen molar-refractivity contribution in [3.63, 3.8) is 0 Å². The fourth-order valence-corrected chi connectivity index (χ4v) is 5.56. The number of rotatable bonds is 6. The molecule has 0 unspecified atom stereocenters. The molecule has 0 amide bonds. The second kappa shape index (κ2) is 10.2. The maximum Gasteiger partial charge on any atom is 0.297 e. The van der Waals surface area contributed by atoms with Crippen LogP contribution in [0.15, 0.2) is 115 Å². The first kappa shape index (κ1) is 27.0. The predicted octanol–water partition coefficient (Wildman–Crippen LogP) is 7.21. The van der Waals surface area contributed by atoms with Gasteiger partial charge in [0, 0.05) is 21.8 Å². The van der Waals surface area contributed by atoms with Crippen molar-refractivity contribution < 1.29 is 25.9 Å². The van der Waals surface area contributed by atoms with Crippen molar-refractivity contribution in [2.45, 2.75) is 16.7 Å². The average molecular weight is 576 g/mol. The molecule has 0 aliphatic rings. The standard InChI is InChI=1S/C27H21N5O6S2/c1-16-14-18(28)7-11-23(16)29-30-24-12-13-25(22-15-19(39(33,34)35)8-9-21(22)24)31-32-26-10-6-17-4-2-3-5-20(17)27(26)40(36,37)38/h2-15H,28H2,1H3,(H,33,34,35)(H,36,37,38). The Hall–Kier alpha value is -4.56. The van der Waals surface area contributed by atoms with Crippen LogP contribution in [0, 0.1) is 6.92 Å². The van der Waals surface area contributed by atoms with Crippen LogP contribution in [0.25, 0.3) is 21.5 Å². The predicted molar refractivity (Wildman–Crippen MR) is 151 cm³/mol. The Labute approximate surface area is 229 Å². The summed E-state index contributed by atoms with van der Waals surface area (Å²) in [5.74, 6) is 0. The van der Waals surface area contributed by atoms with Gasteiger partial charge < -0.3 is 5.73 Å². The Morgan fingerprint density at radius 3 is 1.88 bits per heavy atom. The van der Waals surface area contributed by atoms with Crippen molar-refractivity contribution in [3.8, 4) is 0 Å². The summed E-state index contributed by atoms with van der Waals surface area (Å²) < 4.78 is 67.8. The Morgan fingerprint density at radius 2 is 1.20 bits per heavy atom. The topological polar surface area (TPSA) is 184 Å². The number of fused-ring (bicyclic) bond motifs is 2. The lowest BCUT2D eigenvalue weighted by molar-refractivity contribution is 0.481. The molecule has 0 radical (unpaired) electrons. The number of nitrogens with two attached hydrogens (primary N) is 1. The van der Waals surface area contributed by atoms with E-state index in [0.29, 0.717) is 27.8 Å². The van der Waals surface area contributed by atoms with Gasteiger partial charge >= 0.3 is 0 Å². The Morgan fingerprint density at radius 1 is 0.600 bits per heavy atom. The number of anilines is 1. The largest absolute Gasteiger partial charge is 0.399 e. The molecule has 0 bridgehead atoms. The number of hydrogen-bond donors (Lipinski definition) is 3. The summed E-state index contributed by atoms with van der Waals surface area (Å²) in [5, 5.41) is 18.4. The molecule has 0 aliphatic carbocycles. The fraction of sp³-hybridized carbons (Fsp3) is 0.0370. The van der Waals surface area contributed by atoms with Crippen LogP contribution in [0.1, 0.15) is 5.56 Å². The van der Waals surface area contributed by atoms with Crippen molar-refractivity contribution >= 4 is 70.2 Å². The lowest BCUT2D eigenvalue weighted by Gasteiger charge is -2.08. The van der Waals surface area contributed by atoms with Crippen molar-refractivity contribution in [1.29, 1.82) is 0 Å². The number of nitrogens with zero attached hydrogens (tertiary/aromatic N) is 4. The third-order valence-corrected chi connectivity index (χ3v) is 7.90. The summed E-state index contributed by atoms with van der Waals surface area (Å²) in [6.45, 7) is 1.83. The molecule has 5 rings (SSSR count). The molecule has 0 saturated heterocycles. The van der Waals surface area contributed by atoms with Crippen LogP contribution in [0.5, 0.6) is 0 Å². The molecule has 4 N–H and O–H groups in total. The van der Waals surface area contributed by atoms with E-state index >= 15 is 0 Å². The summed E-state index contributed by atoms with van der Waals surface area (Å²) in [6.07, 6.45) is 0. The first-order chi connectivity index (χ1) is 18.9. The molecule has 0 saturated carbocycles. The lowest BCUT2D eigenvalue weighted by atomic mass is 10.1. The van der Waals surface area contributed by atoms with Gasteiger partial charge in [0.05, 0.1) is 22.0 Å². The van der Waals surface area contributed by atoms with Crippen molar-refractivity contribution in [1.82, 2.24) is 0 Å². The smallest absolute Gasteiger partial charge is 0.297 e. The van der Waals surface area contributed by atoms with Crippen LogP contribution in [-0.2, 0) is 20.2 Å². The molecular formula is C27H21N5O6S2. The SMILES string of the molecule is Cc1cc(N)ccc1N=Nc1ccc(N=Nc2ccc3ccccc3c2S(=O)(=O)O)c2cc(S(=O)(=O)O)ccc12. The number of azo groups is 2. The van der Waals surface area contributed by atoms with Crippen molar-refractivity contribution in [2.75, 3.05) is 5.73 Å². The van der Waals surface area contributed by atoms with Crippen LogP contribution in [0.3, 0.4) is 0 Å². The molecule has 202 valence electrons. The van der Waals surface area contributed by atoms with E-state index in [1.54, 1.807) is 48.5 Å². The maximum atomic E-state index is 12.3. The van der Waals surface area contributed by atoms with Crippen molar-refractivity contribution in [3.05, 3.63) is 90.5 Å². The third-order valence-electron chi connectivity index (χ3n) is 6.11. The third kappa shape index (κ3) is 5.44. The van der Waals surface area contributed by atoms with Crippen LogP contribution in [-0.4, -0.2) is 25.9 Å². The Kier molecular flexibility index (Phi) is 6.89. The molecule has 0 heterocycles. The van der Waals surface area contributed by atoms with E-state index in [1.807, 2.05) is 6.92 Å². The van der Waals surface area contributed by atoms with E-state index in [0.717, 1.165) is 5.56 Å². The molecule has 0 aromatic heterocycles. The first-order valence-electron chi connectivity index (χ1n) is 11.6. The molecular weight excluding hydrogens is 554 g/mol. The average Bonchev–Trinajstić information content (AvgIpc) is 2.90. The monoisotopic (exact) mass is 575 g/mol.